The maximum atomic E-state index is 5.95. The van der Waals surface area contributed by atoms with Crippen molar-refractivity contribution in [3.63, 3.8) is 0 Å². The molecule has 0 saturated carbocycles. The number of rotatable bonds is 15. The molecule has 0 amide bonds. The van der Waals surface area contributed by atoms with E-state index in [1.54, 1.807) is 0 Å². The summed E-state index contributed by atoms with van der Waals surface area (Å²) >= 11 is 0. The summed E-state index contributed by atoms with van der Waals surface area (Å²) in [5, 5.41) is 3.35. The second kappa shape index (κ2) is 14.4. The van der Waals surface area contributed by atoms with Crippen LogP contribution in [0.4, 0.5) is 0 Å². The Hall–Kier alpha value is -0.960. The van der Waals surface area contributed by atoms with Gasteiger partial charge in [0.1, 0.15) is 6.17 Å². The van der Waals surface area contributed by atoms with Crippen LogP contribution in [0.15, 0.2) is 24.6 Å². The Balaban J connectivity index is 1.85. The molecule has 0 saturated heterocycles. The molecule has 0 aromatic heterocycles. The smallest absolute Gasteiger partial charge is 0.103 e. The zero-order chi connectivity index (χ0) is 17.5. The van der Waals surface area contributed by atoms with Crippen LogP contribution in [0.3, 0.4) is 0 Å². The maximum Gasteiger partial charge on any atom is 0.103 e. The Morgan fingerprint density at radius 1 is 0.958 bits per heavy atom. The van der Waals surface area contributed by atoms with Crippen molar-refractivity contribution in [1.29, 1.82) is 0 Å². The normalized spacial score (nSPS) is 18.5. The fourth-order valence-electron chi connectivity index (χ4n) is 3.31. The van der Waals surface area contributed by atoms with E-state index in [4.69, 9.17) is 5.73 Å². The molecular weight excluding hydrogens is 294 g/mol. The fourth-order valence-corrected chi connectivity index (χ4v) is 3.31. The lowest BCUT2D eigenvalue weighted by molar-refractivity contribution is 0.223. The molecule has 0 bridgehead atoms. The van der Waals surface area contributed by atoms with Gasteiger partial charge in [0, 0.05) is 18.8 Å². The van der Waals surface area contributed by atoms with Crippen molar-refractivity contribution < 1.29 is 0 Å². The predicted molar refractivity (Wildman–Crippen MR) is 106 cm³/mol. The first-order valence-corrected chi connectivity index (χ1v) is 10.4. The van der Waals surface area contributed by atoms with Crippen molar-refractivity contribution in [1.82, 2.24) is 10.2 Å². The summed E-state index contributed by atoms with van der Waals surface area (Å²) in [5.41, 5.74) is 5.95. The summed E-state index contributed by atoms with van der Waals surface area (Å²) < 4.78 is 0. The van der Waals surface area contributed by atoms with Gasteiger partial charge in [-0.3, -0.25) is 0 Å². The highest BCUT2D eigenvalue weighted by atomic mass is 15.3. The third kappa shape index (κ3) is 10.0. The molecule has 0 spiro atoms. The standard InChI is InChI=1S/C21H41N3/c1-3-4-5-6-7-8-9-10-11-12-13-14-15-16-17-21-23-18-19-24(21)20(2)22/h15-16,18-21,23H,3-14,17,22H2,1-2H3/b16-15+. The lowest BCUT2D eigenvalue weighted by Gasteiger charge is -2.28. The first-order valence-electron chi connectivity index (χ1n) is 10.4. The number of nitrogens with zero attached hydrogens (tertiary/aromatic N) is 1. The van der Waals surface area contributed by atoms with Crippen LogP contribution in [0, 0.1) is 0 Å². The van der Waals surface area contributed by atoms with E-state index < -0.39 is 0 Å². The van der Waals surface area contributed by atoms with Crippen LogP contribution in [-0.2, 0) is 0 Å². The van der Waals surface area contributed by atoms with Gasteiger partial charge in [0.25, 0.3) is 0 Å². The Kier molecular flexibility index (Phi) is 12.6. The molecular formula is C21H41N3. The average molecular weight is 336 g/mol. The summed E-state index contributed by atoms with van der Waals surface area (Å²) in [6.07, 6.45) is 26.9. The summed E-state index contributed by atoms with van der Waals surface area (Å²) in [6.45, 7) is 4.31. The van der Waals surface area contributed by atoms with Crippen LogP contribution >= 0.6 is 0 Å². The second-order valence-electron chi connectivity index (χ2n) is 7.22. The van der Waals surface area contributed by atoms with Crippen molar-refractivity contribution in [2.75, 3.05) is 0 Å². The van der Waals surface area contributed by atoms with Crippen LogP contribution in [-0.4, -0.2) is 17.2 Å². The van der Waals surface area contributed by atoms with Crippen LogP contribution in [0.5, 0.6) is 0 Å². The molecule has 3 nitrogen and oxygen atoms in total. The monoisotopic (exact) mass is 335 g/mol. The highest BCUT2D eigenvalue weighted by Gasteiger charge is 2.19. The quantitative estimate of drug-likeness (QED) is 0.300. The van der Waals surface area contributed by atoms with Crippen LogP contribution in [0.1, 0.15) is 97.3 Å². The van der Waals surface area contributed by atoms with E-state index in [9.17, 15) is 0 Å². The molecule has 1 rings (SSSR count). The molecule has 0 aromatic carbocycles. The van der Waals surface area contributed by atoms with Gasteiger partial charge >= 0.3 is 0 Å². The van der Waals surface area contributed by atoms with Crippen molar-refractivity contribution in [3.05, 3.63) is 24.6 Å². The topological polar surface area (TPSA) is 41.3 Å². The third-order valence-corrected chi connectivity index (χ3v) is 4.87. The maximum absolute atomic E-state index is 5.95. The molecule has 24 heavy (non-hydrogen) atoms. The van der Waals surface area contributed by atoms with Gasteiger partial charge in [-0.1, -0.05) is 83.3 Å². The summed E-state index contributed by atoms with van der Waals surface area (Å²) in [4.78, 5) is 2.17. The zero-order valence-electron chi connectivity index (χ0n) is 16.2. The van der Waals surface area contributed by atoms with Gasteiger partial charge in [-0.15, -0.1) is 0 Å². The first-order chi connectivity index (χ1) is 11.8. The molecule has 2 unspecified atom stereocenters. The number of nitrogens with two attached hydrogens (primary N) is 1. The van der Waals surface area contributed by atoms with Crippen LogP contribution < -0.4 is 11.1 Å². The van der Waals surface area contributed by atoms with E-state index in [0.717, 1.165) is 6.42 Å². The minimum absolute atomic E-state index is 0.0706. The molecule has 0 fully saturated rings. The lowest BCUT2D eigenvalue weighted by Crippen LogP contribution is -2.44. The molecule has 0 radical (unpaired) electrons. The number of allylic oxidation sites excluding steroid dienone is 1. The van der Waals surface area contributed by atoms with Crippen LogP contribution in [0.25, 0.3) is 0 Å². The molecule has 140 valence electrons. The number of hydrogen-bond acceptors (Lipinski definition) is 3. The molecule has 3 heteroatoms. The Morgan fingerprint density at radius 2 is 1.54 bits per heavy atom. The van der Waals surface area contributed by atoms with Gasteiger partial charge in [0.2, 0.25) is 0 Å². The van der Waals surface area contributed by atoms with E-state index in [0.29, 0.717) is 6.17 Å². The Bertz CT molecular complexity index is 336. The van der Waals surface area contributed by atoms with Crippen LogP contribution in [0.2, 0.25) is 0 Å². The van der Waals surface area contributed by atoms with Crippen molar-refractivity contribution in [3.8, 4) is 0 Å². The van der Waals surface area contributed by atoms with E-state index in [1.807, 2.05) is 19.3 Å². The van der Waals surface area contributed by atoms with E-state index in [-0.39, 0.29) is 6.17 Å². The van der Waals surface area contributed by atoms with Crippen molar-refractivity contribution >= 4 is 0 Å². The highest BCUT2D eigenvalue weighted by Crippen LogP contribution is 2.13. The molecule has 2 atom stereocenters. The largest absolute Gasteiger partial charge is 0.370 e. The Labute approximate surface area is 150 Å². The number of nitrogens with one attached hydrogen (secondary N) is 1. The van der Waals surface area contributed by atoms with Gasteiger partial charge in [-0.05, 0) is 19.8 Å². The minimum Gasteiger partial charge on any atom is -0.370 e. The minimum atomic E-state index is 0.0706. The van der Waals surface area contributed by atoms with E-state index >= 15 is 0 Å². The molecule has 0 aromatic rings. The van der Waals surface area contributed by atoms with Crippen molar-refractivity contribution in [2.45, 2.75) is 110 Å². The van der Waals surface area contributed by atoms with Gasteiger partial charge in [-0.25, -0.2) is 0 Å². The molecule has 3 N–H and O–H groups in total. The van der Waals surface area contributed by atoms with E-state index in [1.165, 1.54) is 77.0 Å². The fraction of sp³-hybridized carbons (Fsp3) is 0.810. The number of hydrogen-bond donors (Lipinski definition) is 2. The van der Waals surface area contributed by atoms with Gasteiger partial charge in [0.15, 0.2) is 0 Å². The Morgan fingerprint density at radius 3 is 2.12 bits per heavy atom. The summed E-state index contributed by atoms with van der Waals surface area (Å²) in [5.74, 6) is 0. The van der Waals surface area contributed by atoms with Gasteiger partial charge < -0.3 is 16.0 Å². The molecule has 1 aliphatic rings. The van der Waals surface area contributed by atoms with Gasteiger partial charge in [-0.2, -0.15) is 0 Å². The summed E-state index contributed by atoms with van der Waals surface area (Å²) in [7, 11) is 0. The number of unbranched alkanes of at least 4 members (excludes halogenated alkanes) is 11. The zero-order valence-corrected chi connectivity index (χ0v) is 16.2. The molecule has 1 heterocycles. The second-order valence-corrected chi connectivity index (χ2v) is 7.22. The lowest BCUT2D eigenvalue weighted by atomic mass is 10.1. The predicted octanol–water partition coefficient (Wildman–Crippen LogP) is 5.64. The average Bonchev–Trinajstić information content (AvgIpc) is 3.04. The SMILES string of the molecule is CCCCCCCCCCCCC/C=C/CC1NC=CN1C(C)N. The highest BCUT2D eigenvalue weighted by molar-refractivity contribution is 4.99. The van der Waals surface area contributed by atoms with Gasteiger partial charge in [0.05, 0.1) is 6.17 Å². The molecule has 1 aliphatic heterocycles. The third-order valence-electron chi connectivity index (χ3n) is 4.87. The van der Waals surface area contributed by atoms with Crippen molar-refractivity contribution in [2.24, 2.45) is 5.73 Å². The first kappa shape index (κ1) is 21.1. The van der Waals surface area contributed by atoms with E-state index in [2.05, 4.69) is 29.3 Å². The molecule has 0 aliphatic carbocycles. The summed E-state index contributed by atoms with van der Waals surface area (Å²) in [6, 6.07) is 0.